The fourth-order valence-corrected chi connectivity index (χ4v) is 3.90. The molecule has 1 aliphatic rings. The molecule has 0 aromatic heterocycles. The second-order valence-corrected chi connectivity index (χ2v) is 7.31. The number of nitrogen functional groups attached to an aromatic ring is 1. The van der Waals surface area contributed by atoms with E-state index in [1.165, 1.54) is 6.07 Å². The van der Waals surface area contributed by atoms with Crippen molar-refractivity contribution >= 4 is 27.3 Å². The number of halogens is 4. The van der Waals surface area contributed by atoms with E-state index >= 15 is 0 Å². The molecular formula is C12H14ClF3N2O2S. The van der Waals surface area contributed by atoms with Crippen LogP contribution in [0.25, 0.3) is 0 Å². The molecule has 0 spiro atoms. The van der Waals surface area contributed by atoms with Crippen LogP contribution in [0.5, 0.6) is 0 Å². The first-order chi connectivity index (χ1) is 9.52. The van der Waals surface area contributed by atoms with E-state index in [0.29, 0.717) is 22.7 Å². The fourth-order valence-electron chi connectivity index (χ4n) is 2.00. The molecule has 0 atom stereocenters. The molecule has 2 N–H and O–H groups in total. The van der Waals surface area contributed by atoms with E-state index in [2.05, 4.69) is 0 Å². The third-order valence-electron chi connectivity index (χ3n) is 3.15. The minimum Gasteiger partial charge on any atom is -0.397 e. The van der Waals surface area contributed by atoms with Gasteiger partial charge in [-0.25, -0.2) is 8.42 Å². The Balaban J connectivity index is 2.44. The van der Waals surface area contributed by atoms with E-state index in [9.17, 15) is 21.6 Å². The van der Waals surface area contributed by atoms with Crippen molar-refractivity contribution < 1.29 is 21.6 Å². The highest BCUT2D eigenvalue weighted by molar-refractivity contribution is 7.89. The van der Waals surface area contributed by atoms with Gasteiger partial charge in [-0.2, -0.15) is 17.5 Å². The molecule has 21 heavy (non-hydrogen) atoms. The van der Waals surface area contributed by atoms with Gasteiger partial charge in [0.1, 0.15) is 6.54 Å². The van der Waals surface area contributed by atoms with Crippen molar-refractivity contribution in [1.82, 2.24) is 4.31 Å². The van der Waals surface area contributed by atoms with Gasteiger partial charge in [0.05, 0.1) is 15.6 Å². The van der Waals surface area contributed by atoms with Crippen LogP contribution in [0.1, 0.15) is 18.4 Å². The molecule has 0 unspecified atom stereocenters. The van der Waals surface area contributed by atoms with Gasteiger partial charge in [0.25, 0.3) is 0 Å². The van der Waals surface area contributed by atoms with E-state index in [0.717, 1.165) is 6.07 Å². The van der Waals surface area contributed by atoms with Crippen LogP contribution in [-0.4, -0.2) is 31.5 Å². The van der Waals surface area contributed by atoms with Crippen molar-refractivity contribution in [3.63, 3.8) is 0 Å². The smallest absolute Gasteiger partial charge is 0.397 e. The van der Waals surface area contributed by atoms with Gasteiger partial charge in [-0.05, 0) is 37.5 Å². The number of hydrogen-bond acceptors (Lipinski definition) is 3. The third-order valence-corrected chi connectivity index (χ3v) is 5.54. The summed E-state index contributed by atoms with van der Waals surface area (Å²) in [4.78, 5) is -0.266. The zero-order valence-electron chi connectivity index (χ0n) is 11.1. The van der Waals surface area contributed by atoms with E-state index in [-0.39, 0.29) is 15.6 Å². The highest BCUT2D eigenvalue weighted by atomic mass is 35.5. The molecule has 4 nitrogen and oxygen atoms in total. The number of alkyl halides is 3. The lowest BCUT2D eigenvalue weighted by atomic mass is 10.2. The Morgan fingerprint density at radius 2 is 1.95 bits per heavy atom. The van der Waals surface area contributed by atoms with Crippen LogP contribution in [0.4, 0.5) is 18.9 Å². The van der Waals surface area contributed by atoms with Crippen LogP contribution in [0, 0.1) is 6.92 Å². The molecule has 0 aliphatic heterocycles. The zero-order valence-corrected chi connectivity index (χ0v) is 12.7. The molecule has 1 aliphatic carbocycles. The molecule has 1 aromatic rings. The molecule has 1 saturated carbocycles. The van der Waals surface area contributed by atoms with Gasteiger partial charge >= 0.3 is 6.18 Å². The Bertz CT molecular complexity index is 634. The predicted octanol–water partition coefficient (Wildman–Crippen LogP) is 2.95. The number of nitrogens with two attached hydrogens (primary N) is 1. The van der Waals surface area contributed by atoms with Crippen LogP contribution in [0.15, 0.2) is 17.0 Å². The summed E-state index contributed by atoms with van der Waals surface area (Å²) in [5.74, 6) is 0. The Labute approximate surface area is 125 Å². The minimum absolute atomic E-state index is 0.0259. The summed E-state index contributed by atoms with van der Waals surface area (Å²) in [5.41, 5.74) is 6.03. The number of aryl methyl sites for hydroxylation is 1. The molecule has 0 amide bonds. The Morgan fingerprint density at radius 1 is 1.38 bits per heavy atom. The molecule has 2 rings (SSSR count). The summed E-state index contributed by atoms with van der Waals surface area (Å²) >= 11 is 5.85. The standard InChI is InChI=1S/C12H14ClF3N2O2S/c1-7-4-9(5-10(17)11(7)13)21(19,20)18(8-2-3-8)6-12(14,15)16/h4-5,8H,2-3,6,17H2,1H3. The summed E-state index contributed by atoms with van der Waals surface area (Å²) in [5, 5.41) is 0.197. The highest BCUT2D eigenvalue weighted by Gasteiger charge is 2.44. The average Bonchev–Trinajstić information content (AvgIpc) is 3.15. The summed E-state index contributed by atoms with van der Waals surface area (Å²) in [6, 6.07) is 1.73. The van der Waals surface area contributed by atoms with Crippen LogP contribution in [-0.2, 0) is 10.0 Å². The lowest BCUT2D eigenvalue weighted by Crippen LogP contribution is -2.40. The van der Waals surface area contributed by atoms with Crippen molar-refractivity contribution in [1.29, 1.82) is 0 Å². The molecule has 118 valence electrons. The number of benzene rings is 1. The third kappa shape index (κ3) is 3.61. The van der Waals surface area contributed by atoms with Crippen molar-refractivity contribution in [2.75, 3.05) is 12.3 Å². The number of anilines is 1. The molecule has 9 heteroatoms. The summed E-state index contributed by atoms with van der Waals surface area (Å²) in [6.07, 6.45) is -3.74. The average molecular weight is 343 g/mol. The van der Waals surface area contributed by atoms with E-state index < -0.39 is 28.8 Å². The lowest BCUT2D eigenvalue weighted by molar-refractivity contribution is -0.137. The maximum absolute atomic E-state index is 12.6. The van der Waals surface area contributed by atoms with Gasteiger partial charge in [0, 0.05) is 6.04 Å². The summed E-state index contributed by atoms with van der Waals surface area (Å²) in [7, 11) is -4.26. The molecule has 0 radical (unpaired) electrons. The Morgan fingerprint density at radius 3 is 2.38 bits per heavy atom. The normalized spacial score (nSPS) is 16.5. The van der Waals surface area contributed by atoms with E-state index in [4.69, 9.17) is 17.3 Å². The monoisotopic (exact) mass is 342 g/mol. The van der Waals surface area contributed by atoms with Crippen LogP contribution in [0.2, 0.25) is 5.02 Å². The number of hydrogen-bond donors (Lipinski definition) is 1. The van der Waals surface area contributed by atoms with E-state index in [1.54, 1.807) is 6.92 Å². The van der Waals surface area contributed by atoms with Gasteiger partial charge in [-0.1, -0.05) is 11.6 Å². The summed E-state index contributed by atoms with van der Waals surface area (Å²) in [6.45, 7) is 0.0461. The second kappa shape index (κ2) is 5.33. The van der Waals surface area contributed by atoms with Gasteiger partial charge in [-0.3, -0.25) is 0 Å². The van der Waals surface area contributed by atoms with Gasteiger partial charge in [-0.15, -0.1) is 0 Å². The minimum atomic E-state index is -4.59. The van der Waals surface area contributed by atoms with Gasteiger partial charge in [0.2, 0.25) is 10.0 Å². The summed E-state index contributed by atoms with van der Waals surface area (Å²) < 4.78 is 63.2. The van der Waals surface area contributed by atoms with Crippen LogP contribution in [0.3, 0.4) is 0 Å². The maximum atomic E-state index is 12.6. The fraction of sp³-hybridized carbons (Fsp3) is 0.500. The topological polar surface area (TPSA) is 63.4 Å². The molecule has 0 heterocycles. The largest absolute Gasteiger partial charge is 0.402 e. The first-order valence-corrected chi connectivity index (χ1v) is 7.98. The highest BCUT2D eigenvalue weighted by Crippen LogP contribution is 2.36. The van der Waals surface area contributed by atoms with Crippen molar-refractivity contribution in [2.45, 2.75) is 36.9 Å². The first kappa shape index (κ1) is 16.4. The lowest BCUT2D eigenvalue weighted by Gasteiger charge is -2.23. The molecule has 0 saturated heterocycles. The Kier molecular flexibility index (Phi) is 4.16. The number of rotatable bonds is 4. The first-order valence-electron chi connectivity index (χ1n) is 6.16. The SMILES string of the molecule is Cc1cc(S(=O)(=O)N(CC(F)(F)F)C2CC2)cc(N)c1Cl. The van der Waals surface area contributed by atoms with E-state index in [1.807, 2.05) is 0 Å². The molecular weight excluding hydrogens is 329 g/mol. The van der Waals surface area contributed by atoms with Gasteiger partial charge in [0.15, 0.2) is 0 Å². The van der Waals surface area contributed by atoms with Crippen LogP contribution >= 0.6 is 11.6 Å². The molecule has 0 bridgehead atoms. The quantitative estimate of drug-likeness (QED) is 0.856. The maximum Gasteiger partial charge on any atom is 0.402 e. The Hall–Kier alpha value is -0.990. The zero-order chi connectivity index (χ0) is 16.0. The van der Waals surface area contributed by atoms with Crippen LogP contribution < -0.4 is 5.73 Å². The van der Waals surface area contributed by atoms with Crippen molar-refractivity contribution in [3.05, 3.63) is 22.7 Å². The van der Waals surface area contributed by atoms with Crippen molar-refractivity contribution in [2.24, 2.45) is 0 Å². The molecule has 1 aromatic carbocycles. The molecule has 1 fully saturated rings. The predicted molar refractivity (Wildman–Crippen MR) is 73.6 cm³/mol. The van der Waals surface area contributed by atoms with Crippen molar-refractivity contribution in [3.8, 4) is 0 Å². The second-order valence-electron chi connectivity index (χ2n) is 5.04. The number of nitrogens with zero attached hydrogens (tertiary/aromatic N) is 1. The number of sulfonamides is 1. The van der Waals surface area contributed by atoms with Gasteiger partial charge < -0.3 is 5.73 Å².